The van der Waals surface area contributed by atoms with Crippen molar-refractivity contribution in [3.63, 3.8) is 0 Å². The van der Waals surface area contributed by atoms with Crippen molar-refractivity contribution in [3.05, 3.63) is 82.0 Å². The van der Waals surface area contributed by atoms with E-state index in [9.17, 15) is 9.59 Å². The highest BCUT2D eigenvalue weighted by Gasteiger charge is 2.44. The lowest BCUT2D eigenvalue weighted by molar-refractivity contribution is -0.121. The Morgan fingerprint density at radius 3 is 2.47 bits per heavy atom. The first-order valence-corrected chi connectivity index (χ1v) is 11.3. The number of ketones is 1. The lowest BCUT2D eigenvalue weighted by Gasteiger charge is -2.43. The maximum absolute atomic E-state index is 13.4. The van der Waals surface area contributed by atoms with Crippen molar-refractivity contribution >= 4 is 40.6 Å². The molecule has 0 aromatic heterocycles. The summed E-state index contributed by atoms with van der Waals surface area (Å²) in [6.45, 7) is 8.19. The van der Waals surface area contributed by atoms with Crippen LogP contribution in [-0.2, 0) is 9.59 Å². The van der Waals surface area contributed by atoms with Crippen LogP contribution in [0.5, 0.6) is 5.75 Å². The number of anilines is 1. The normalized spacial score (nSPS) is 20.2. The van der Waals surface area contributed by atoms with Crippen molar-refractivity contribution in [1.82, 2.24) is 0 Å². The Bertz CT molecular complexity index is 1120. The molecule has 2 aromatic rings. The molecular formula is C26H25Cl2NO3. The molecule has 166 valence electrons. The van der Waals surface area contributed by atoms with E-state index in [2.05, 4.69) is 20.4 Å². The lowest BCUT2D eigenvalue weighted by atomic mass is 9.69. The molecule has 0 saturated carbocycles. The van der Waals surface area contributed by atoms with Crippen molar-refractivity contribution in [1.29, 1.82) is 0 Å². The molecule has 0 N–H and O–H groups in total. The van der Waals surface area contributed by atoms with E-state index in [0.29, 0.717) is 35.2 Å². The zero-order valence-corrected chi connectivity index (χ0v) is 19.7. The monoisotopic (exact) mass is 469 g/mol. The molecule has 0 radical (unpaired) electrons. The fourth-order valence-electron chi connectivity index (χ4n) is 4.58. The molecule has 0 saturated heterocycles. The molecule has 4 rings (SSSR count). The molecule has 2 aromatic carbocycles. The molecule has 1 aliphatic carbocycles. The summed E-state index contributed by atoms with van der Waals surface area (Å²) >= 11 is 12.3. The Balaban J connectivity index is 1.80. The molecule has 1 atom stereocenters. The number of rotatable bonds is 5. The number of Topliss-reactive ketones (excluding diaryl/α,β-unsaturated/α-hetero) is 1. The average Bonchev–Trinajstić information content (AvgIpc) is 2.73. The fraction of sp³-hybridized carbons (Fsp3) is 0.308. The number of hydrogen-bond donors (Lipinski definition) is 0. The molecule has 6 heteroatoms. The summed E-state index contributed by atoms with van der Waals surface area (Å²) in [6.07, 6.45) is 2.96. The molecule has 2 aliphatic rings. The first kappa shape index (κ1) is 22.6. The second kappa shape index (κ2) is 8.76. The quantitative estimate of drug-likeness (QED) is 0.456. The summed E-state index contributed by atoms with van der Waals surface area (Å²) in [7, 11) is 0. The zero-order chi connectivity index (χ0) is 23.0. The highest BCUT2D eigenvalue weighted by atomic mass is 35.5. The molecule has 32 heavy (non-hydrogen) atoms. The van der Waals surface area contributed by atoms with Crippen LogP contribution in [0.25, 0.3) is 0 Å². The van der Waals surface area contributed by atoms with E-state index >= 15 is 0 Å². The first-order valence-electron chi connectivity index (χ1n) is 10.6. The highest BCUT2D eigenvalue weighted by molar-refractivity contribution is 6.42. The SMILES string of the molecule is C=CCOc1ccc(C2CC(=O)N(c3ccc(Cl)c(Cl)c3)C3=C2C(=O)CC(C)(C)C3)cc1. The maximum atomic E-state index is 13.4. The predicted octanol–water partition coefficient (Wildman–Crippen LogP) is 6.72. The second-order valence-electron chi connectivity index (χ2n) is 9.05. The van der Waals surface area contributed by atoms with Crippen LogP contribution < -0.4 is 9.64 Å². The van der Waals surface area contributed by atoms with Gasteiger partial charge in [-0.1, -0.05) is 61.8 Å². The van der Waals surface area contributed by atoms with Crippen molar-refractivity contribution in [2.24, 2.45) is 5.41 Å². The van der Waals surface area contributed by atoms with E-state index in [1.165, 1.54) is 0 Å². The molecule has 1 heterocycles. The summed E-state index contributed by atoms with van der Waals surface area (Å²) < 4.78 is 5.57. The Labute approximate surface area is 198 Å². The minimum atomic E-state index is -0.284. The number of benzene rings is 2. The molecule has 0 bridgehead atoms. The molecule has 0 spiro atoms. The van der Waals surface area contributed by atoms with Gasteiger partial charge in [-0.15, -0.1) is 0 Å². The standard InChI is InChI=1S/C26H25Cl2NO3/c1-4-11-32-18-8-5-16(6-9-18)19-13-24(31)29(17-7-10-20(27)21(28)12-17)22-14-26(2,3)15-23(30)25(19)22/h4-10,12,19H,1,11,13-15H2,2-3H3. The Hall–Kier alpha value is -2.56. The number of halogens is 2. The van der Waals surface area contributed by atoms with Gasteiger partial charge in [0.1, 0.15) is 12.4 Å². The van der Waals surface area contributed by atoms with Gasteiger partial charge in [0, 0.05) is 30.0 Å². The van der Waals surface area contributed by atoms with Gasteiger partial charge in [-0.05, 0) is 47.7 Å². The van der Waals surface area contributed by atoms with Crippen molar-refractivity contribution in [3.8, 4) is 5.75 Å². The summed E-state index contributed by atoms with van der Waals surface area (Å²) in [4.78, 5) is 28.4. The van der Waals surface area contributed by atoms with Crippen molar-refractivity contribution in [2.45, 2.75) is 39.0 Å². The smallest absolute Gasteiger partial charge is 0.232 e. The van der Waals surface area contributed by atoms with Crippen LogP contribution in [0.2, 0.25) is 10.0 Å². The van der Waals surface area contributed by atoms with Crippen molar-refractivity contribution in [2.75, 3.05) is 11.5 Å². The van der Waals surface area contributed by atoms with Gasteiger partial charge in [-0.25, -0.2) is 0 Å². The minimum absolute atomic E-state index is 0.0652. The Morgan fingerprint density at radius 1 is 1.09 bits per heavy atom. The summed E-state index contributed by atoms with van der Waals surface area (Å²) in [6, 6.07) is 12.7. The van der Waals surface area contributed by atoms with Gasteiger partial charge in [0.05, 0.1) is 15.7 Å². The van der Waals surface area contributed by atoms with Gasteiger partial charge in [0.15, 0.2) is 5.78 Å². The largest absolute Gasteiger partial charge is 0.490 e. The van der Waals surface area contributed by atoms with Gasteiger partial charge in [0.2, 0.25) is 5.91 Å². The number of carbonyl (C=O) groups is 2. The lowest BCUT2D eigenvalue weighted by Crippen LogP contribution is -2.43. The van der Waals surface area contributed by atoms with E-state index in [-0.39, 0.29) is 29.4 Å². The van der Waals surface area contributed by atoms with E-state index in [1.807, 2.05) is 24.3 Å². The van der Waals surface area contributed by atoms with E-state index < -0.39 is 0 Å². The zero-order valence-electron chi connectivity index (χ0n) is 18.2. The molecule has 1 unspecified atom stereocenters. The van der Waals surface area contributed by atoms with Crippen LogP contribution in [0, 0.1) is 5.41 Å². The van der Waals surface area contributed by atoms with E-state index in [1.54, 1.807) is 29.2 Å². The van der Waals surface area contributed by atoms with Gasteiger partial charge < -0.3 is 4.74 Å². The highest BCUT2D eigenvalue weighted by Crippen LogP contribution is 2.48. The third-order valence-corrected chi connectivity index (χ3v) is 6.69. The van der Waals surface area contributed by atoms with E-state index in [0.717, 1.165) is 22.6 Å². The van der Waals surface area contributed by atoms with Gasteiger partial charge in [0.25, 0.3) is 0 Å². The Kier molecular flexibility index (Phi) is 6.19. The first-order chi connectivity index (χ1) is 15.2. The minimum Gasteiger partial charge on any atom is -0.490 e. The van der Waals surface area contributed by atoms with Crippen LogP contribution in [0.1, 0.15) is 44.6 Å². The summed E-state index contributed by atoms with van der Waals surface area (Å²) in [5.74, 6) is 0.461. The third-order valence-electron chi connectivity index (χ3n) is 5.95. The Morgan fingerprint density at radius 2 is 1.81 bits per heavy atom. The number of allylic oxidation sites excluding steroid dienone is 2. The topological polar surface area (TPSA) is 46.6 Å². The second-order valence-corrected chi connectivity index (χ2v) is 9.87. The molecule has 1 amide bonds. The van der Waals surface area contributed by atoms with E-state index in [4.69, 9.17) is 27.9 Å². The van der Waals surface area contributed by atoms with Crippen molar-refractivity contribution < 1.29 is 14.3 Å². The van der Waals surface area contributed by atoms with Crippen LogP contribution in [0.3, 0.4) is 0 Å². The molecule has 0 fully saturated rings. The van der Waals surface area contributed by atoms with Crippen LogP contribution in [-0.4, -0.2) is 18.3 Å². The van der Waals surface area contributed by atoms with Gasteiger partial charge in [-0.3, -0.25) is 14.5 Å². The van der Waals surface area contributed by atoms with Gasteiger partial charge in [-0.2, -0.15) is 0 Å². The fourth-order valence-corrected chi connectivity index (χ4v) is 4.87. The van der Waals surface area contributed by atoms with Crippen LogP contribution in [0.15, 0.2) is 66.4 Å². The summed E-state index contributed by atoms with van der Waals surface area (Å²) in [5.41, 5.74) is 2.80. The summed E-state index contributed by atoms with van der Waals surface area (Å²) in [5, 5.41) is 0.795. The average molecular weight is 470 g/mol. The number of hydrogen-bond acceptors (Lipinski definition) is 3. The molecular weight excluding hydrogens is 445 g/mol. The molecule has 4 nitrogen and oxygen atoms in total. The van der Waals surface area contributed by atoms with Gasteiger partial charge >= 0.3 is 0 Å². The molecule has 1 aliphatic heterocycles. The van der Waals surface area contributed by atoms with Crippen LogP contribution in [0.4, 0.5) is 5.69 Å². The number of nitrogens with zero attached hydrogens (tertiary/aromatic N) is 1. The number of amides is 1. The number of ether oxygens (including phenoxy) is 1. The maximum Gasteiger partial charge on any atom is 0.232 e. The number of carbonyl (C=O) groups excluding carboxylic acids is 2. The predicted molar refractivity (Wildman–Crippen MR) is 128 cm³/mol. The third kappa shape index (κ3) is 4.35. The van der Waals surface area contributed by atoms with Crippen LogP contribution >= 0.6 is 23.2 Å².